The fraction of sp³-hybridized carbons (Fsp3) is 0.190. The number of aryl methyl sites for hydroxylation is 3. The van der Waals surface area contributed by atoms with Crippen LogP contribution in [0.15, 0.2) is 53.5 Å². The highest BCUT2D eigenvalue weighted by atomic mass is 35.5. The van der Waals surface area contributed by atoms with Crippen LogP contribution in [-0.2, 0) is 0 Å². The molecule has 0 fully saturated rings. The predicted octanol–water partition coefficient (Wildman–Crippen LogP) is 6.11. The van der Waals surface area contributed by atoms with Gasteiger partial charge in [0, 0.05) is 33.9 Å². The Balaban J connectivity index is 2.00. The van der Waals surface area contributed by atoms with Crippen molar-refractivity contribution in [2.24, 2.45) is 4.99 Å². The minimum Gasteiger partial charge on any atom is -0.318 e. The summed E-state index contributed by atoms with van der Waals surface area (Å²) < 4.78 is 2.20. The molecule has 1 aromatic heterocycles. The minimum absolute atomic E-state index is 0.741. The topological polar surface area (TPSA) is 17.3 Å². The standard InChI is InChI=1S/C21H21ClN2/c1-14-8-9-15(2)21(10-14)23-13-18-11-16(3)24(17(18)4)20-7-5-6-19(22)12-20/h5-13H,1-4H3. The zero-order valence-corrected chi connectivity index (χ0v) is 15.2. The molecule has 0 amide bonds. The quantitative estimate of drug-likeness (QED) is 0.513. The molecular weight excluding hydrogens is 316 g/mol. The van der Waals surface area contributed by atoms with Gasteiger partial charge in [-0.3, -0.25) is 4.99 Å². The normalized spacial score (nSPS) is 11.4. The van der Waals surface area contributed by atoms with Gasteiger partial charge in [-0.25, -0.2) is 0 Å². The fourth-order valence-corrected chi connectivity index (χ4v) is 3.11. The van der Waals surface area contributed by atoms with Crippen molar-refractivity contribution in [2.75, 3.05) is 0 Å². The van der Waals surface area contributed by atoms with Crippen LogP contribution in [0.1, 0.15) is 28.1 Å². The Hall–Kier alpha value is -2.32. The second-order valence-corrected chi connectivity index (χ2v) is 6.63. The summed E-state index contributed by atoms with van der Waals surface area (Å²) in [5, 5.41) is 0.741. The molecule has 2 nitrogen and oxygen atoms in total. The summed E-state index contributed by atoms with van der Waals surface area (Å²) in [6.07, 6.45) is 1.95. The van der Waals surface area contributed by atoms with Crippen molar-refractivity contribution >= 4 is 23.5 Å². The Labute approximate surface area is 148 Å². The van der Waals surface area contributed by atoms with Crippen molar-refractivity contribution < 1.29 is 0 Å². The molecular formula is C21H21ClN2. The molecule has 0 saturated carbocycles. The van der Waals surface area contributed by atoms with Crippen LogP contribution in [-0.4, -0.2) is 10.8 Å². The fourth-order valence-electron chi connectivity index (χ4n) is 2.93. The molecule has 122 valence electrons. The number of benzene rings is 2. The number of nitrogens with zero attached hydrogens (tertiary/aromatic N) is 2. The highest BCUT2D eigenvalue weighted by molar-refractivity contribution is 6.30. The maximum atomic E-state index is 6.14. The third-order valence-corrected chi connectivity index (χ3v) is 4.48. The molecule has 0 atom stereocenters. The van der Waals surface area contributed by atoms with Gasteiger partial charge in [0.05, 0.1) is 5.69 Å². The van der Waals surface area contributed by atoms with Gasteiger partial charge < -0.3 is 4.57 Å². The molecule has 3 heteroatoms. The summed E-state index contributed by atoms with van der Waals surface area (Å²) in [6, 6.07) is 16.4. The van der Waals surface area contributed by atoms with E-state index in [0.29, 0.717) is 0 Å². The molecule has 2 aromatic carbocycles. The van der Waals surface area contributed by atoms with Crippen LogP contribution in [0.5, 0.6) is 0 Å². The second kappa shape index (κ2) is 6.66. The van der Waals surface area contributed by atoms with Crippen molar-refractivity contribution in [1.29, 1.82) is 0 Å². The van der Waals surface area contributed by atoms with Gasteiger partial charge in [-0.15, -0.1) is 0 Å². The molecule has 0 bridgehead atoms. The van der Waals surface area contributed by atoms with Crippen LogP contribution in [0.2, 0.25) is 5.02 Å². The van der Waals surface area contributed by atoms with E-state index in [1.807, 2.05) is 24.4 Å². The summed E-state index contributed by atoms with van der Waals surface area (Å²) in [5.74, 6) is 0. The third-order valence-electron chi connectivity index (χ3n) is 4.24. The summed E-state index contributed by atoms with van der Waals surface area (Å²) in [5.41, 5.74) is 7.93. The van der Waals surface area contributed by atoms with E-state index >= 15 is 0 Å². The van der Waals surface area contributed by atoms with E-state index in [1.165, 1.54) is 11.1 Å². The van der Waals surface area contributed by atoms with E-state index in [0.717, 1.165) is 33.3 Å². The summed E-state index contributed by atoms with van der Waals surface area (Å²) in [7, 11) is 0. The first-order chi connectivity index (χ1) is 11.5. The van der Waals surface area contributed by atoms with Gasteiger partial charge in [0.1, 0.15) is 0 Å². The maximum Gasteiger partial charge on any atom is 0.0661 e. The highest BCUT2D eigenvalue weighted by Gasteiger charge is 2.09. The second-order valence-electron chi connectivity index (χ2n) is 6.19. The lowest BCUT2D eigenvalue weighted by Gasteiger charge is -2.09. The molecule has 0 unspecified atom stereocenters. The molecule has 3 rings (SSSR count). The summed E-state index contributed by atoms with van der Waals surface area (Å²) in [6.45, 7) is 8.38. The first-order valence-electron chi connectivity index (χ1n) is 8.02. The average molecular weight is 337 g/mol. The Bertz CT molecular complexity index is 920. The Kier molecular flexibility index (Phi) is 4.59. The number of hydrogen-bond acceptors (Lipinski definition) is 1. The van der Waals surface area contributed by atoms with Crippen molar-refractivity contribution in [3.05, 3.63) is 81.6 Å². The van der Waals surface area contributed by atoms with Gasteiger partial charge in [-0.05, 0) is 69.2 Å². The molecule has 0 N–H and O–H groups in total. The molecule has 0 aliphatic rings. The highest BCUT2D eigenvalue weighted by Crippen LogP contribution is 2.24. The van der Waals surface area contributed by atoms with Crippen molar-refractivity contribution in [3.63, 3.8) is 0 Å². The lowest BCUT2D eigenvalue weighted by Crippen LogP contribution is -1.99. The third kappa shape index (κ3) is 3.29. The molecule has 0 spiro atoms. The van der Waals surface area contributed by atoms with Crippen LogP contribution in [0.3, 0.4) is 0 Å². The van der Waals surface area contributed by atoms with Gasteiger partial charge in [0.15, 0.2) is 0 Å². The van der Waals surface area contributed by atoms with E-state index in [2.05, 4.69) is 62.6 Å². The van der Waals surface area contributed by atoms with Crippen LogP contribution in [0.4, 0.5) is 5.69 Å². The molecule has 1 heterocycles. The van der Waals surface area contributed by atoms with Gasteiger partial charge in [-0.2, -0.15) is 0 Å². The van der Waals surface area contributed by atoms with E-state index in [1.54, 1.807) is 0 Å². The Morgan fingerprint density at radius 2 is 1.75 bits per heavy atom. The predicted molar refractivity (Wildman–Crippen MR) is 103 cm³/mol. The van der Waals surface area contributed by atoms with Crippen LogP contribution >= 0.6 is 11.6 Å². The Morgan fingerprint density at radius 3 is 2.50 bits per heavy atom. The van der Waals surface area contributed by atoms with E-state index in [4.69, 9.17) is 16.6 Å². The zero-order chi connectivity index (χ0) is 17.3. The van der Waals surface area contributed by atoms with Gasteiger partial charge in [-0.1, -0.05) is 29.8 Å². The van der Waals surface area contributed by atoms with Crippen LogP contribution in [0, 0.1) is 27.7 Å². The first-order valence-corrected chi connectivity index (χ1v) is 8.39. The van der Waals surface area contributed by atoms with Crippen LogP contribution < -0.4 is 0 Å². The number of halogens is 1. The molecule has 24 heavy (non-hydrogen) atoms. The van der Waals surface area contributed by atoms with Gasteiger partial charge >= 0.3 is 0 Å². The monoisotopic (exact) mass is 336 g/mol. The van der Waals surface area contributed by atoms with E-state index in [-0.39, 0.29) is 0 Å². The summed E-state index contributed by atoms with van der Waals surface area (Å²) >= 11 is 6.14. The number of aliphatic imine (C=N–C) groups is 1. The van der Waals surface area contributed by atoms with E-state index in [9.17, 15) is 0 Å². The van der Waals surface area contributed by atoms with Crippen molar-refractivity contribution in [2.45, 2.75) is 27.7 Å². The Morgan fingerprint density at radius 1 is 0.958 bits per heavy atom. The lowest BCUT2D eigenvalue weighted by molar-refractivity contribution is 0.965. The molecule has 0 aliphatic heterocycles. The molecule has 0 radical (unpaired) electrons. The van der Waals surface area contributed by atoms with Gasteiger partial charge in [0.2, 0.25) is 0 Å². The van der Waals surface area contributed by atoms with E-state index < -0.39 is 0 Å². The first kappa shape index (κ1) is 16.5. The van der Waals surface area contributed by atoms with Crippen LogP contribution in [0.25, 0.3) is 5.69 Å². The molecule has 3 aromatic rings. The van der Waals surface area contributed by atoms with Gasteiger partial charge in [0.25, 0.3) is 0 Å². The number of aromatic nitrogens is 1. The number of rotatable bonds is 3. The molecule has 0 aliphatic carbocycles. The summed E-state index contributed by atoms with van der Waals surface area (Å²) in [4.78, 5) is 4.70. The number of hydrogen-bond donors (Lipinski definition) is 0. The lowest BCUT2D eigenvalue weighted by atomic mass is 10.1. The SMILES string of the molecule is Cc1ccc(C)c(N=Cc2cc(C)n(-c3cccc(Cl)c3)c2C)c1. The largest absolute Gasteiger partial charge is 0.318 e. The molecule has 0 saturated heterocycles. The zero-order valence-electron chi connectivity index (χ0n) is 14.5. The maximum absolute atomic E-state index is 6.14. The smallest absolute Gasteiger partial charge is 0.0661 e. The van der Waals surface area contributed by atoms with Crippen molar-refractivity contribution in [3.8, 4) is 5.69 Å². The minimum atomic E-state index is 0.741. The average Bonchev–Trinajstić information content (AvgIpc) is 2.82. The van der Waals surface area contributed by atoms with Crippen molar-refractivity contribution in [1.82, 2.24) is 4.57 Å².